The minimum atomic E-state index is 0.479. The summed E-state index contributed by atoms with van der Waals surface area (Å²) < 4.78 is 5.56. The second-order valence-electron chi connectivity index (χ2n) is 3.83. The van der Waals surface area contributed by atoms with Crippen LogP contribution >= 0.6 is 34.8 Å². The molecule has 0 saturated carbocycles. The summed E-state index contributed by atoms with van der Waals surface area (Å²) in [6.07, 6.45) is 0. The third-order valence-corrected chi connectivity index (χ3v) is 3.30. The minimum absolute atomic E-state index is 0.479. The fourth-order valence-corrected chi connectivity index (χ4v) is 2.21. The van der Waals surface area contributed by atoms with Crippen LogP contribution in [0.3, 0.4) is 0 Å². The van der Waals surface area contributed by atoms with Gasteiger partial charge in [0.2, 0.25) is 0 Å². The van der Waals surface area contributed by atoms with Crippen molar-refractivity contribution >= 4 is 40.5 Å². The lowest BCUT2D eigenvalue weighted by molar-refractivity contribution is 0.333. The molecular weight excluding hydrogens is 305 g/mol. The van der Waals surface area contributed by atoms with Crippen LogP contribution < -0.4 is 10.1 Å². The molecule has 1 N–H and O–H groups in total. The zero-order chi connectivity index (χ0) is 13.7. The average molecular weight is 317 g/mol. The van der Waals surface area contributed by atoms with Gasteiger partial charge in [-0.15, -0.1) is 0 Å². The maximum absolute atomic E-state index is 6.02. The van der Waals surface area contributed by atoms with Crippen LogP contribution in [0.25, 0.3) is 0 Å². The third-order valence-electron chi connectivity index (χ3n) is 2.44. The molecule has 2 aromatic carbocycles. The molecule has 0 spiro atoms. The van der Waals surface area contributed by atoms with Crippen LogP contribution in [0.4, 0.5) is 5.69 Å². The molecule has 0 radical (unpaired) electrons. The van der Waals surface area contributed by atoms with Crippen molar-refractivity contribution in [3.8, 4) is 5.75 Å². The molecule has 5 heteroatoms. The van der Waals surface area contributed by atoms with E-state index in [1.807, 2.05) is 24.3 Å². The lowest BCUT2D eigenvalue weighted by Gasteiger charge is -2.10. The number of ether oxygens (including phenoxy) is 1. The van der Waals surface area contributed by atoms with Crippen molar-refractivity contribution in [2.45, 2.75) is 0 Å². The molecule has 0 amide bonds. The molecule has 0 aliphatic carbocycles. The van der Waals surface area contributed by atoms with Gasteiger partial charge in [-0.25, -0.2) is 0 Å². The third kappa shape index (κ3) is 4.20. The van der Waals surface area contributed by atoms with E-state index in [1.165, 1.54) is 0 Å². The monoisotopic (exact) mass is 315 g/mol. The summed E-state index contributed by atoms with van der Waals surface area (Å²) in [5, 5.41) is 4.97. The Morgan fingerprint density at radius 2 is 1.74 bits per heavy atom. The summed E-state index contributed by atoms with van der Waals surface area (Å²) in [5.41, 5.74) is 0.884. The largest absolute Gasteiger partial charge is 0.490 e. The molecule has 0 saturated heterocycles. The Morgan fingerprint density at radius 1 is 0.947 bits per heavy atom. The standard InChI is InChI=1S/C14H12Cl3NO/c15-10-5-6-14(12(17)9-10)19-8-7-18-13-4-2-1-3-11(13)16/h1-6,9,18H,7-8H2. The fourth-order valence-electron chi connectivity index (χ4n) is 1.54. The lowest BCUT2D eigenvalue weighted by Crippen LogP contribution is -2.11. The van der Waals surface area contributed by atoms with Crippen LogP contribution in [0, 0.1) is 0 Å². The Kier molecular flexibility index (Phi) is 5.20. The van der Waals surface area contributed by atoms with E-state index in [0.717, 1.165) is 5.69 Å². The quantitative estimate of drug-likeness (QED) is 0.771. The van der Waals surface area contributed by atoms with Gasteiger partial charge in [-0.1, -0.05) is 46.9 Å². The first-order chi connectivity index (χ1) is 9.16. The van der Waals surface area contributed by atoms with Crippen LogP contribution in [-0.2, 0) is 0 Å². The molecule has 0 bridgehead atoms. The summed E-state index contributed by atoms with van der Waals surface area (Å²) in [5.74, 6) is 0.618. The van der Waals surface area contributed by atoms with E-state index >= 15 is 0 Å². The van der Waals surface area contributed by atoms with Gasteiger partial charge in [0.25, 0.3) is 0 Å². The number of hydrogen-bond donors (Lipinski definition) is 1. The Labute approximate surface area is 127 Å². The first-order valence-corrected chi connectivity index (χ1v) is 6.86. The first-order valence-electron chi connectivity index (χ1n) is 5.73. The predicted octanol–water partition coefficient (Wildman–Crippen LogP) is 5.14. The Balaban J connectivity index is 1.83. The van der Waals surface area contributed by atoms with Crippen molar-refractivity contribution in [2.24, 2.45) is 0 Å². The summed E-state index contributed by atoms with van der Waals surface area (Å²) in [7, 11) is 0. The Hall–Kier alpha value is -1.09. The van der Waals surface area contributed by atoms with E-state index in [2.05, 4.69) is 5.32 Å². The van der Waals surface area contributed by atoms with E-state index in [9.17, 15) is 0 Å². The summed E-state index contributed by atoms with van der Waals surface area (Å²) in [4.78, 5) is 0. The van der Waals surface area contributed by atoms with Crippen LogP contribution in [0.2, 0.25) is 15.1 Å². The molecule has 0 fully saturated rings. The molecule has 19 heavy (non-hydrogen) atoms. The van der Waals surface area contributed by atoms with Gasteiger partial charge in [-0.05, 0) is 30.3 Å². The topological polar surface area (TPSA) is 21.3 Å². The maximum Gasteiger partial charge on any atom is 0.138 e. The van der Waals surface area contributed by atoms with Gasteiger partial charge >= 0.3 is 0 Å². The molecule has 0 atom stereocenters. The zero-order valence-electron chi connectivity index (χ0n) is 10.00. The molecule has 2 nitrogen and oxygen atoms in total. The Morgan fingerprint density at radius 3 is 2.47 bits per heavy atom. The summed E-state index contributed by atoms with van der Waals surface area (Å²) >= 11 is 17.8. The van der Waals surface area contributed by atoms with Crippen molar-refractivity contribution in [3.05, 3.63) is 57.5 Å². The molecule has 2 aromatic rings. The van der Waals surface area contributed by atoms with E-state index in [0.29, 0.717) is 34.0 Å². The molecular formula is C14H12Cl3NO. The van der Waals surface area contributed by atoms with Crippen LogP contribution in [0.15, 0.2) is 42.5 Å². The van der Waals surface area contributed by atoms with Gasteiger partial charge in [0, 0.05) is 11.6 Å². The smallest absolute Gasteiger partial charge is 0.138 e. The number of hydrogen-bond acceptors (Lipinski definition) is 2. The van der Waals surface area contributed by atoms with Crippen LogP contribution in [0.1, 0.15) is 0 Å². The second-order valence-corrected chi connectivity index (χ2v) is 5.08. The molecule has 0 heterocycles. The van der Waals surface area contributed by atoms with Gasteiger partial charge in [0.05, 0.1) is 15.7 Å². The number of para-hydroxylation sites is 1. The first kappa shape index (κ1) is 14.3. The summed E-state index contributed by atoms with van der Waals surface area (Å²) in [6.45, 7) is 1.11. The number of benzene rings is 2. The maximum atomic E-state index is 6.02. The number of rotatable bonds is 5. The lowest BCUT2D eigenvalue weighted by atomic mass is 10.3. The Bertz CT molecular complexity index is 560. The predicted molar refractivity (Wildman–Crippen MR) is 81.9 cm³/mol. The highest BCUT2D eigenvalue weighted by Gasteiger charge is 2.02. The van der Waals surface area contributed by atoms with E-state index < -0.39 is 0 Å². The molecule has 2 rings (SSSR count). The fraction of sp³-hybridized carbons (Fsp3) is 0.143. The zero-order valence-corrected chi connectivity index (χ0v) is 12.3. The number of halogens is 3. The van der Waals surface area contributed by atoms with E-state index in [-0.39, 0.29) is 0 Å². The van der Waals surface area contributed by atoms with Gasteiger partial charge in [-0.3, -0.25) is 0 Å². The number of anilines is 1. The second kappa shape index (κ2) is 6.90. The van der Waals surface area contributed by atoms with Gasteiger partial charge in [0.15, 0.2) is 0 Å². The molecule has 0 aliphatic rings. The highest BCUT2D eigenvalue weighted by molar-refractivity contribution is 6.35. The van der Waals surface area contributed by atoms with Crippen molar-refractivity contribution in [3.63, 3.8) is 0 Å². The van der Waals surface area contributed by atoms with E-state index in [4.69, 9.17) is 39.5 Å². The normalized spacial score (nSPS) is 10.3. The molecule has 0 aromatic heterocycles. The van der Waals surface area contributed by atoms with Gasteiger partial charge in [0.1, 0.15) is 12.4 Å². The molecule has 0 aliphatic heterocycles. The van der Waals surface area contributed by atoms with Gasteiger partial charge < -0.3 is 10.1 Å². The number of nitrogens with one attached hydrogen (secondary N) is 1. The molecule has 0 unspecified atom stereocenters. The van der Waals surface area contributed by atoms with Gasteiger partial charge in [-0.2, -0.15) is 0 Å². The highest BCUT2D eigenvalue weighted by Crippen LogP contribution is 2.27. The minimum Gasteiger partial charge on any atom is -0.490 e. The van der Waals surface area contributed by atoms with Crippen molar-refractivity contribution in [1.82, 2.24) is 0 Å². The SMILES string of the molecule is Clc1ccc(OCCNc2ccccc2Cl)c(Cl)c1. The van der Waals surface area contributed by atoms with Crippen LogP contribution in [0.5, 0.6) is 5.75 Å². The highest BCUT2D eigenvalue weighted by atomic mass is 35.5. The average Bonchev–Trinajstić information content (AvgIpc) is 2.38. The van der Waals surface area contributed by atoms with Crippen molar-refractivity contribution in [1.29, 1.82) is 0 Å². The van der Waals surface area contributed by atoms with Crippen LogP contribution in [-0.4, -0.2) is 13.2 Å². The van der Waals surface area contributed by atoms with Crippen molar-refractivity contribution in [2.75, 3.05) is 18.5 Å². The van der Waals surface area contributed by atoms with E-state index in [1.54, 1.807) is 18.2 Å². The van der Waals surface area contributed by atoms with Crippen molar-refractivity contribution < 1.29 is 4.74 Å². The summed E-state index contributed by atoms with van der Waals surface area (Å²) in [6, 6.07) is 12.7. The molecule has 100 valence electrons.